The number of rotatable bonds is 8. The Bertz CT molecular complexity index is 407. The predicted octanol–water partition coefficient (Wildman–Crippen LogP) is 2.21. The molecule has 1 aliphatic heterocycles. The largest absolute Gasteiger partial charge is 0.491 e. The van der Waals surface area contributed by atoms with Crippen LogP contribution in [0.5, 0.6) is 5.75 Å². The molecule has 4 heteroatoms. The summed E-state index contributed by atoms with van der Waals surface area (Å²) in [5, 5.41) is 3.56. The van der Waals surface area contributed by atoms with Gasteiger partial charge in [-0.2, -0.15) is 0 Å². The lowest BCUT2D eigenvalue weighted by Gasteiger charge is -2.24. The first-order valence-corrected chi connectivity index (χ1v) is 8.25. The van der Waals surface area contributed by atoms with Crippen molar-refractivity contribution in [2.24, 2.45) is 0 Å². The van der Waals surface area contributed by atoms with Crippen LogP contribution in [0.1, 0.15) is 20.3 Å². The third-order valence-electron chi connectivity index (χ3n) is 4.09. The number of nitrogens with one attached hydrogen (secondary N) is 1. The molecule has 118 valence electrons. The van der Waals surface area contributed by atoms with Gasteiger partial charge in [-0.15, -0.1) is 0 Å². The molecular weight excluding hydrogens is 262 g/mol. The first kappa shape index (κ1) is 16.1. The molecule has 1 heterocycles. The minimum absolute atomic E-state index is 0.822. The molecule has 0 amide bonds. The summed E-state index contributed by atoms with van der Waals surface area (Å²) in [6, 6.07) is 8.37. The van der Waals surface area contributed by atoms with E-state index in [-0.39, 0.29) is 0 Å². The van der Waals surface area contributed by atoms with E-state index < -0.39 is 0 Å². The fourth-order valence-electron chi connectivity index (χ4n) is 2.75. The SMILES string of the molecule is CCN(CC)CCNCCN1CCCOc2ccccc21. The Morgan fingerprint density at radius 3 is 2.81 bits per heavy atom. The molecule has 0 unspecified atom stereocenters. The molecule has 0 saturated carbocycles. The molecule has 0 bridgehead atoms. The predicted molar refractivity (Wildman–Crippen MR) is 89.4 cm³/mol. The van der Waals surface area contributed by atoms with E-state index in [9.17, 15) is 0 Å². The molecule has 4 nitrogen and oxygen atoms in total. The van der Waals surface area contributed by atoms with Crippen molar-refractivity contribution >= 4 is 5.69 Å². The van der Waals surface area contributed by atoms with Crippen molar-refractivity contribution in [1.82, 2.24) is 10.2 Å². The highest BCUT2D eigenvalue weighted by Gasteiger charge is 2.14. The summed E-state index contributed by atoms with van der Waals surface area (Å²) in [4.78, 5) is 4.88. The molecule has 0 radical (unpaired) electrons. The highest BCUT2D eigenvalue weighted by molar-refractivity contribution is 5.58. The van der Waals surface area contributed by atoms with Crippen molar-refractivity contribution in [3.8, 4) is 5.75 Å². The van der Waals surface area contributed by atoms with E-state index >= 15 is 0 Å². The van der Waals surface area contributed by atoms with Crippen LogP contribution in [0.4, 0.5) is 5.69 Å². The van der Waals surface area contributed by atoms with E-state index in [1.54, 1.807) is 0 Å². The van der Waals surface area contributed by atoms with E-state index in [0.717, 1.165) is 64.6 Å². The zero-order chi connectivity index (χ0) is 14.9. The van der Waals surface area contributed by atoms with Gasteiger partial charge in [0.1, 0.15) is 5.75 Å². The second-order valence-corrected chi connectivity index (χ2v) is 5.43. The van der Waals surface area contributed by atoms with Gasteiger partial charge in [0, 0.05) is 32.7 Å². The molecule has 1 N–H and O–H groups in total. The minimum Gasteiger partial charge on any atom is -0.491 e. The van der Waals surface area contributed by atoms with E-state index in [1.165, 1.54) is 5.69 Å². The summed E-state index contributed by atoms with van der Waals surface area (Å²) >= 11 is 0. The van der Waals surface area contributed by atoms with Crippen LogP contribution in [-0.4, -0.2) is 57.3 Å². The molecule has 0 aliphatic carbocycles. The van der Waals surface area contributed by atoms with Gasteiger partial charge in [0.25, 0.3) is 0 Å². The number of para-hydroxylation sites is 2. The number of hydrogen-bond donors (Lipinski definition) is 1. The van der Waals surface area contributed by atoms with Gasteiger partial charge < -0.3 is 19.9 Å². The van der Waals surface area contributed by atoms with Crippen LogP contribution < -0.4 is 15.0 Å². The molecule has 0 fully saturated rings. The molecular formula is C17H29N3O. The number of ether oxygens (including phenoxy) is 1. The van der Waals surface area contributed by atoms with Crippen LogP contribution >= 0.6 is 0 Å². The van der Waals surface area contributed by atoms with Gasteiger partial charge in [0.05, 0.1) is 12.3 Å². The summed E-state index contributed by atoms with van der Waals surface area (Å²) in [5.74, 6) is 1.03. The number of nitrogens with zero attached hydrogens (tertiary/aromatic N) is 2. The molecule has 2 rings (SSSR count). The number of likely N-dealkylation sites (N-methyl/N-ethyl adjacent to an activating group) is 1. The summed E-state index contributed by atoms with van der Waals surface area (Å²) in [7, 11) is 0. The Hall–Kier alpha value is -1.26. The van der Waals surface area contributed by atoms with E-state index in [4.69, 9.17) is 4.74 Å². The third-order valence-corrected chi connectivity index (χ3v) is 4.09. The van der Waals surface area contributed by atoms with Crippen LogP contribution in [0.3, 0.4) is 0 Å². The topological polar surface area (TPSA) is 27.7 Å². The molecule has 0 saturated heterocycles. The maximum atomic E-state index is 5.80. The van der Waals surface area contributed by atoms with Crippen molar-refractivity contribution in [3.63, 3.8) is 0 Å². The van der Waals surface area contributed by atoms with Gasteiger partial charge in [0.2, 0.25) is 0 Å². The maximum Gasteiger partial charge on any atom is 0.142 e. The van der Waals surface area contributed by atoms with Crippen LogP contribution in [0.25, 0.3) is 0 Å². The van der Waals surface area contributed by atoms with Crippen LogP contribution in [0.15, 0.2) is 24.3 Å². The molecule has 21 heavy (non-hydrogen) atoms. The van der Waals surface area contributed by atoms with Crippen molar-refractivity contribution < 1.29 is 4.74 Å². The molecule has 0 atom stereocenters. The Morgan fingerprint density at radius 2 is 2.00 bits per heavy atom. The van der Waals surface area contributed by atoms with Gasteiger partial charge in [-0.05, 0) is 31.6 Å². The molecule has 1 aromatic rings. The lowest BCUT2D eigenvalue weighted by molar-refractivity contribution is 0.303. The summed E-state index contributed by atoms with van der Waals surface area (Å²) in [6.07, 6.45) is 1.09. The summed E-state index contributed by atoms with van der Waals surface area (Å²) < 4.78 is 5.80. The van der Waals surface area contributed by atoms with Crippen LogP contribution in [0.2, 0.25) is 0 Å². The van der Waals surface area contributed by atoms with Crippen molar-refractivity contribution in [2.75, 3.05) is 57.3 Å². The number of anilines is 1. The summed E-state index contributed by atoms with van der Waals surface area (Å²) in [6.45, 7) is 12.9. The molecule has 1 aliphatic rings. The maximum absolute atomic E-state index is 5.80. The average molecular weight is 291 g/mol. The fraction of sp³-hybridized carbons (Fsp3) is 0.647. The van der Waals surface area contributed by atoms with Gasteiger partial charge in [-0.1, -0.05) is 26.0 Å². The lowest BCUT2D eigenvalue weighted by Crippen LogP contribution is -2.36. The number of hydrogen-bond acceptors (Lipinski definition) is 4. The van der Waals surface area contributed by atoms with E-state index in [1.807, 2.05) is 6.07 Å². The minimum atomic E-state index is 0.822. The Kier molecular flexibility index (Phi) is 6.83. The summed E-state index contributed by atoms with van der Waals surface area (Å²) in [5.41, 5.74) is 1.24. The smallest absolute Gasteiger partial charge is 0.142 e. The Balaban J connectivity index is 1.75. The normalized spacial score (nSPS) is 14.7. The van der Waals surface area contributed by atoms with Crippen molar-refractivity contribution in [1.29, 1.82) is 0 Å². The van der Waals surface area contributed by atoms with Crippen molar-refractivity contribution in [2.45, 2.75) is 20.3 Å². The number of benzene rings is 1. The Labute approximate surface area is 129 Å². The van der Waals surface area contributed by atoms with Gasteiger partial charge in [-0.3, -0.25) is 0 Å². The second kappa shape index (κ2) is 8.90. The first-order chi connectivity index (χ1) is 10.3. The average Bonchev–Trinajstić information content (AvgIpc) is 2.73. The van der Waals surface area contributed by atoms with Crippen LogP contribution in [-0.2, 0) is 0 Å². The number of fused-ring (bicyclic) bond motifs is 1. The highest BCUT2D eigenvalue weighted by atomic mass is 16.5. The standard InChI is InChI=1S/C17H29N3O/c1-3-19(4-2)13-10-18-11-14-20-12-7-15-21-17-9-6-5-8-16(17)20/h5-6,8-9,18H,3-4,7,10-15H2,1-2H3. The highest BCUT2D eigenvalue weighted by Crippen LogP contribution is 2.29. The van der Waals surface area contributed by atoms with Crippen LogP contribution in [0, 0.1) is 0 Å². The molecule has 0 spiro atoms. The fourth-order valence-corrected chi connectivity index (χ4v) is 2.75. The zero-order valence-corrected chi connectivity index (χ0v) is 13.5. The van der Waals surface area contributed by atoms with Gasteiger partial charge in [0.15, 0.2) is 0 Å². The monoisotopic (exact) mass is 291 g/mol. The second-order valence-electron chi connectivity index (χ2n) is 5.43. The lowest BCUT2D eigenvalue weighted by atomic mass is 10.2. The Morgan fingerprint density at radius 1 is 1.19 bits per heavy atom. The third kappa shape index (κ3) is 4.90. The van der Waals surface area contributed by atoms with E-state index in [0.29, 0.717) is 0 Å². The first-order valence-electron chi connectivity index (χ1n) is 8.25. The zero-order valence-electron chi connectivity index (χ0n) is 13.5. The quantitative estimate of drug-likeness (QED) is 0.743. The molecule has 1 aromatic carbocycles. The van der Waals surface area contributed by atoms with Gasteiger partial charge in [-0.25, -0.2) is 0 Å². The van der Waals surface area contributed by atoms with E-state index in [2.05, 4.69) is 47.2 Å². The van der Waals surface area contributed by atoms with Crippen molar-refractivity contribution in [3.05, 3.63) is 24.3 Å². The van der Waals surface area contributed by atoms with Gasteiger partial charge >= 0.3 is 0 Å². The molecule has 0 aromatic heterocycles.